The van der Waals surface area contributed by atoms with Crippen molar-refractivity contribution in [2.45, 2.75) is 13.3 Å². The number of hydrogen-bond acceptors (Lipinski definition) is 5. The number of ether oxygens (including phenoxy) is 2. The molecule has 1 rings (SSSR count). The number of benzene rings is 1. The largest absolute Gasteiger partial charge is 0.382 e. The van der Waals surface area contributed by atoms with Crippen molar-refractivity contribution < 1.29 is 19.2 Å². The molecule has 0 saturated heterocycles. The fraction of sp³-hybridized carbons (Fsp3) is 0.500. The number of carbonyl (C=O) groups excluding carboxylic acids is 1. The Kier molecular flexibility index (Phi) is 7.34. The summed E-state index contributed by atoms with van der Waals surface area (Å²) in [7, 11) is 1.61. The maximum atomic E-state index is 11.9. The van der Waals surface area contributed by atoms with E-state index in [4.69, 9.17) is 9.47 Å². The monoisotopic (exact) mass is 296 g/mol. The van der Waals surface area contributed by atoms with Crippen molar-refractivity contribution in [3.63, 3.8) is 0 Å². The van der Waals surface area contributed by atoms with Gasteiger partial charge in [-0.2, -0.15) is 0 Å². The maximum Gasteiger partial charge on any atom is 0.272 e. The highest BCUT2D eigenvalue weighted by Gasteiger charge is 2.13. The molecule has 0 bridgehead atoms. The molecule has 0 aromatic heterocycles. The molecule has 1 aromatic rings. The van der Waals surface area contributed by atoms with Crippen LogP contribution < -0.4 is 5.32 Å². The molecule has 0 unspecified atom stereocenters. The zero-order valence-electron chi connectivity index (χ0n) is 12.3. The highest BCUT2D eigenvalue weighted by atomic mass is 16.6. The molecule has 7 heteroatoms. The molecule has 0 saturated carbocycles. The van der Waals surface area contributed by atoms with Crippen LogP contribution in [-0.4, -0.2) is 44.3 Å². The van der Waals surface area contributed by atoms with Crippen LogP contribution in [0.25, 0.3) is 0 Å². The number of nitrogens with one attached hydrogen (secondary N) is 1. The molecule has 0 spiro atoms. The summed E-state index contributed by atoms with van der Waals surface area (Å²) < 4.78 is 10.1. The lowest BCUT2D eigenvalue weighted by molar-refractivity contribution is -0.385. The van der Waals surface area contributed by atoms with Crippen LogP contribution in [0, 0.1) is 17.0 Å². The van der Waals surface area contributed by atoms with Gasteiger partial charge in [0.1, 0.15) is 0 Å². The number of aryl methyl sites for hydroxylation is 1. The first kappa shape index (κ1) is 17.1. The van der Waals surface area contributed by atoms with Crippen molar-refractivity contribution in [2.24, 2.45) is 0 Å². The van der Waals surface area contributed by atoms with Gasteiger partial charge < -0.3 is 14.8 Å². The minimum atomic E-state index is -0.464. The van der Waals surface area contributed by atoms with Gasteiger partial charge in [0.05, 0.1) is 18.1 Å². The highest BCUT2D eigenvalue weighted by molar-refractivity contribution is 5.94. The molecule has 7 nitrogen and oxygen atoms in total. The van der Waals surface area contributed by atoms with E-state index in [1.807, 2.05) is 0 Å². The zero-order chi connectivity index (χ0) is 15.7. The first-order valence-electron chi connectivity index (χ1n) is 6.66. The highest BCUT2D eigenvalue weighted by Crippen LogP contribution is 2.18. The summed E-state index contributed by atoms with van der Waals surface area (Å²) in [5.74, 6) is -0.245. The Labute approximate surface area is 123 Å². The lowest BCUT2D eigenvalue weighted by Gasteiger charge is -2.07. The molecule has 0 atom stereocenters. The van der Waals surface area contributed by atoms with Gasteiger partial charge in [0.25, 0.3) is 11.6 Å². The van der Waals surface area contributed by atoms with E-state index in [1.165, 1.54) is 18.2 Å². The lowest BCUT2D eigenvalue weighted by atomic mass is 10.1. The SMILES string of the molecule is COCCOCCCNC(=O)c1ccc([N+](=O)[O-])c(C)c1. The van der Waals surface area contributed by atoms with Gasteiger partial charge in [-0.15, -0.1) is 0 Å². The molecule has 21 heavy (non-hydrogen) atoms. The van der Waals surface area contributed by atoms with E-state index in [-0.39, 0.29) is 11.6 Å². The minimum absolute atomic E-state index is 0.0121. The van der Waals surface area contributed by atoms with Crippen LogP contribution in [0.3, 0.4) is 0 Å². The fourth-order valence-electron chi connectivity index (χ4n) is 1.72. The summed E-state index contributed by atoms with van der Waals surface area (Å²) in [6.07, 6.45) is 0.696. The van der Waals surface area contributed by atoms with Gasteiger partial charge in [-0.1, -0.05) is 0 Å². The second-order valence-corrected chi connectivity index (χ2v) is 4.47. The maximum absolute atomic E-state index is 11.9. The number of nitro benzene ring substituents is 1. The van der Waals surface area contributed by atoms with Gasteiger partial charge in [-0.25, -0.2) is 0 Å². The predicted octanol–water partition coefficient (Wildman–Crippen LogP) is 1.69. The van der Waals surface area contributed by atoms with E-state index in [0.29, 0.717) is 43.9 Å². The standard InChI is InChI=1S/C14H20N2O5/c1-11-10-12(4-5-13(11)16(18)19)14(17)15-6-3-7-21-9-8-20-2/h4-5,10H,3,6-9H2,1-2H3,(H,15,17). The number of hydrogen-bond donors (Lipinski definition) is 1. The number of methoxy groups -OCH3 is 1. The molecular formula is C14H20N2O5. The van der Waals surface area contributed by atoms with E-state index < -0.39 is 4.92 Å². The number of amides is 1. The molecule has 1 amide bonds. The van der Waals surface area contributed by atoms with E-state index >= 15 is 0 Å². The quantitative estimate of drug-likeness (QED) is 0.425. The van der Waals surface area contributed by atoms with E-state index in [2.05, 4.69) is 5.32 Å². The lowest BCUT2D eigenvalue weighted by Crippen LogP contribution is -2.25. The van der Waals surface area contributed by atoms with Crippen molar-refractivity contribution in [3.8, 4) is 0 Å². The van der Waals surface area contributed by atoms with Crippen LogP contribution >= 0.6 is 0 Å². The molecule has 0 heterocycles. The summed E-state index contributed by atoms with van der Waals surface area (Å²) in [5, 5.41) is 13.4. The van der Waals surface area contributed by atoms with E-state index in [0.717, 1.165) is 0 Å². The van der Waals surface area contributed by atoms with Gasteiger partial charge >= 0.3 is 0 Å². The molecule has 0 aliphatic carbocycles. The van der Waals surface area contributed by atoms with Crippen molar-refractivity contribution in [3.05, 3.63) is 39.4 Å². The average Bonchev–Trinajstić information content (AvgIpc) is 2.45. The van der Waals surface area contributed by atoms with Crippen molar-refractivity contribution >= 4 is 11.6 Å². The second-order valence-electron chi connectivity index (χ2n) is 4.47. The second kappa shape index (κ2) is 9.04. The third-order valence-electron chi connectivity index (χ3n) is 2.84. The Hall–Kier alpha value is -1.99. The van der Waals surface area contributed by atoms with Crippen LogP contribution in [0.2, 0.25) is 0 Å². The van der Waals surface area contributed by atoms with Gasteiger partial charge in [0.15, 0.2) is 0 Å². The number of rotatable bonds is 9. The normalized spacial score (nSPS) is 10.4. The molecule has 0 fully saturated rings. The van der Waals surface area contributed by atoms with Crippen LogP contribution in [0.4, 0.5) is 5.69 Å². The molecule has 0 radical (unpaired) electrons. The van der Waals surface area contributed by atoms with Crippen LogP contribution in [-0.2, 0) is 9.47 Å². The van der Waals surface area contributed by atoms with Gasteiger partial charge in [0.2, 0.25) is 0 Å². The molecule has 0 aliphatic rings. The Bertz CT molecular complexity index is 490. The number of nitrogens with zero attached hydrogens (tertiary/aromatic N) is 1. The van der Waals surface area contributed by atoms with Gasteiger partial charge in [-0.3, -0.25) is 14.9 Å². The number of carbonyl (C=O) groups is 1. The van der Waals surface area contributed by atoms with Gasteiger partial charge in [0, 0.05) is 37.5 Å². The molecule has 1 aromatic carbocycles. The molecule has 1 N–H and O–H groups in total. The topological polar surface area (TPSA) is 90.7 Å². The summed E-state index contributed by atoms with van der Waals surface area (Å²) in [6.45, 7) is 3.73. The summed E-state index contributed by atoms with van der Waals surface area (Å²) in [5.41, 5.74) is 0.895. The Morgan fingerprint density at radius 3 is 2.71 bits per heavy atom. The third kappa shape index (κ3) is 5.88. The Morgan fingerprint density at radius 2 is 2.10 bits per heavy atom. The Morgan fingerprint density at radius 1 is 1.33 bits per heavy atom. The summed E-state index contributed by atoms with van der Waals surface area (Å²) in [6, 6.07) is 4.32. The fourth-order valence-corrected chi connectivity index (χ4v) is 1.72. The third-order valence-corrected chi connectivity index (χ3v) is 2.84. The first-order valence-corrected chi connectivity index (χ1v) is 6.66. The first-order chi connectivity index (χ1) is 10.1. The molecular weight excluding hydrogens is 276 g/mol. The van der Waals surface area contributed by atoms with Crippen molar-refractivity contribution in [2.75, 3.05) is 33.5 Å². The molecule has 116 valence electrons. The zero-order valence-corrected chi connectivity index (χ0v) is 12.3. The van der Waals surface area contributed by atoms with Crippen molar-refractivity contribution in [1.29, 1.82) is 0 Å². The Balaban J connectivity index is 2.35. The van der Waals surface area contributed by atoms with Crippen LogP contribution in [0.1, 0.15) is 22.3 Å². The minimum Gasteiger partial charge on any atom is -0.382 e. The van der Waals surface area contributed by atoms with E-state index in [1.54, 1.807) is 14.0 Å². The van der Waals surface area contributed by atoms with Crippen LogP contribution in [0.5, 0.6) is 0 Å². The van der Waals surface area contributed by atoms with Crippen LogP contribution in [0.15, 0.2) is 18.2 Å². The average molecular weight is 296 g/mol. The summed E-state index contributed by atoms with van der Waals surface area (Å²) >= 11 is 0. The smallest absolute Gasteiger partial charge is 0.272 e. The molecule has 0 aliphatic heterocycles. The van der Waals surface area contributed by atoms with E-state index in [9.17, 15) is 14.9 Å². The summed E-state index contributed by atoms with van der Waals surface area (Å²) in [4.78, 5) is 22.1. The predicted molar refractivity (Wildman–Crippen MR) is 77.5 cm³/mol. The van der Waals surface area contributed by atoms with Crippen molar-refractivity contribution in [1.82, 2.24) is 5.32 Å². The van der Waals surface area contributed by atoms with Gasteiger partial charge in [-0.05, 0) is 25.5 Å². The number of nitro groups is 1.